The number of piperidine rings is 1. The Morgan fingerprint density at radius 1 is 1.40 bits per heavy atom. The van der Waals surface area contributed by atoms with Crippen LogP contribution in [0.15, 0.2) is 24.3 Å². The van der Waals surface area contributed by atoms with Crippen molar-refractivity contribution in [3.63, 3.8) is 0 Å². The molecule has 0 saturated carbocycles. The Hall–Kier alpha value is -0.890. The van der Waals surface area contributed by atoms with Crippen LogP contribution in [0.4, 0.5) is 4.39 Å². The SMILES string of the molecule is CC1CCCNC1Cc1ccccc1F. The Morgan fingerprint density at radius 2 is 2.20 bits per heavy atom. The molecular weight excluding hydrogens is 189 g/mol. The van der Waals surface area contributed by atoms with Gasteiger partial charge in [0, 0.05) is 6.04 Å². The normalized spacial score (nSPS) is 26.5. The lowest BCUT2D eigenvalue weighted by Crippen LogP contribution is -2.41. The molecule has 1 aliphatic heterocycles. The maximum Gasteiger partial charge on any atom is 0.126 e. The topological polar surface area (TPSA) is 12.0 Å². The first-order valence-electron chi connectivity index (χ1n) is 5.74. The minimum atomic E-state index is -0.0722. The fraction of sp³-hybridized carbons (Fsp3) is 0.538. The van der Waals surface area contributed by atoms with Gasteiger partial charge < -0.3 is 5.32 Å². The van der Waals surface area contributed by atoms with Gasteiger partial charge in [-0.25, -0.2) is 4.39 Å². The number of nitrogens with one attached hydrogen (secondary N) is 1. The van der Waals surface area contributed by atoms with E-state index in [0.29, 0.717) is 12.0 Å². The summed E-state index contributed by atoms with van der Waals surface area (Å²) >= 11 is 0. The lowest BCUT2D eigenvalue weighted by Gasteiger charge is -2.30. The van der Waals surface area contributed by atoms with E-state index in [1.54, 1.807) is 12.1 Å². The highest BCUT2D eigenvalue weighted by Gasteiger charge is 2.21. The van der Waals surface area contributed by atoms with E-state index in [0.717, 1.165) is 18.5 Å². The van der Waals surface area contributed by atoms with Gasteiger partial charge in [-0.3, -0.25) is 0 Å². The molecule has 0 spiro atoms. The molecule has 1 heterocycles. The predicted octanol–water partition coefficient (Wildman–Crippen LogP) is 2.76. The molecule has 2 heteroatoms. The first-order valence-corrected chi connectivity index (χ1v) is 5.74. The molecule has 2 atom stereocenters. The summed E-state index contributed by atoms with van der Waals surface area (Å²) in [6.07, 6.45) is 3.31. The van der Waals surface area contributed by atoms with Crippen molar-refractivity contribution in [2.75, 3.05) is 6.54 Å². The molecule has 1 aromatic carbocycles. The van der Waals surface area contributed by atoms with Crippen LogP contribution in [0.2, 0.25) is 0 Å². The zero-order valence-corrected chi connectivity index (χ0v) is 9.17. The third kappa shape index (κ3) is 2.57. The van der Waals surface area contributed by atoms with Gasteiger partial charge in [0.2, 0.25) is 0 Å². The second kappa shape index (κ2) is 4.75. The van der Waals surface area contributed by atoms with Crippen molar-refractivity contribution in [1.82, 2.24) is 5.32 Å². The second-order valence-corrected chi connectivity index (χ2v) is 4.48. The van der Waals surface area contributed by atoms with E-state index >= 15 is 0 Å². The third-order valence-corrected chi connectivity index (χ3v) is 3.33. The van der Waals surface area contributed by atoms with Gasteiger partial charge in [-0.05, 0) is 43.4 Å². The molecule has 1 aliphatic rings. The molecule has 0 amide bonds. The average Bonchev–Trinajstić information content (AvgIpc) is 2.24. The minimum Gasteiger partial charge on any atom is -0.313 e. The second-order valence-electron chi connectivity index (χ2n) is 4.48. The van der Waals surface area contributed by atoms with E-state index in [9.17, 15) is 4.39 Å². The largest absolute Gasteiger partial charge is 0.313 e. The summed E-state index contributed by atoms with van der Waals surface area (Å²) in [5.74, 6) is 0.579. The Balaban J connectivity index is 2.04. The van der Waals surface area contributed by atoms with Gasteiger partial charge in [0.1, 0.15) is 5.82 Å². The van der Waals surface area contributed by atoms with Crippen LogP contribution in [0.3, 0.4) is 0 Å². The van der Waals surface area contributed by atoms with Crippen LogP contribution in [0, 0.1) is 11.7 Å². The summed E-state index contributed by atoms with van der Waals surface area (Å²) in [5.41, 5.74) is 0.837. The van der Waals surface area contributed by atoms with Crippen molar-refractivity contribution in [1.29, 1.82) is 0 Å². The van der Waals surface area contributed by atoms with Crippen LogP contribution >= 0.6 is 0 Å². The summed E-state index contributed by atoms with van der Waals surface area (Å²) in [4.78, 5) is 0. The van der Waals surface area contributed by atoms with E-state index in [4.69, 9.17) is 0 Å². The van der Waals surface area contributed by atoms with Gasteiger partial charge in [0.25, 0.3) is 0 Å². The quantitative estimate of drug-likeness (QED) is 0.786. The number of hydrogen-bond donors (Lipinski definition) is 1. The summed E-state index contributed by atoms with van der Waals surface area (Å²) < 4.78 is 13.4. The van der Waals surface area contributed by atoms with Gasteiger partial charge in [0.15, 0.2) is 0 Å². The first kappa shape index (κ1) is 10.6. The maximum atomic E-state index is 13.4. The Morgan fingerprint density at radius 3 is 2.93 bits per heavy atom. The summed E-state index contributed by atoms with van der Waals surface area (Å²) in [5, 5.41) is 3.48. The van der Waals surface area contributed by atoms with Gasteiger partial charge in [0.05, 0.1) is 0 Å². The Bertz CT molecular complexity index is 324. The monoisotopic (exact) mass is 207 g/mol. The first-order chi connectivity index (χ1) is 7.27. The fourth-order valence-electron chi connectivity index (χ4n) is 2.29. The number of hydrogen-bond acceptors (Lipinski definition) is 1. The van der Waals surface area contributed by atoms with Crippen LogP contribution in [0.1, 0.15) is 25.3 Å². The van der Waals surface area contributed by atoms with Crippen molar-refractivity contribution in [3.8, 4) is 0 Å². The summed E-state index contributed by atoms with van der Waals surface area (Å²) in [6.45, 7) is 3.32. The minimum absolute atomic E-state index is 0.0722. The smallest absolute Gasteiger partial charge is 0.126 e. The van der Waals surface area contributed by atoms with Gasteiger partial charge in [-0.2, -0.15) is 0 Å². The average molecular weight is 207 g/mol. The molecular formula is C13H18FN. The van der Waals surface area contributed by atoms with Crippen LogP contribution in [-0.2, 0) is 6.42 Å². The number of benzene rings is 1. The van der Waals surface area contributed by atoms with Crippen molar-refractivity contribution < 1.29 is 4.39 Å². The van der Waals surface area contributed by atoms with Crippen molar-refractivity contribution in [2.24, 2.45) is 5.92 Å². The van der Waals surface area contributed by atoms with Gasteiger partial charge >= 0.3 is 0 Å². The summed E-state index contributed by atoms with van der Waals surface area (Å²) in [7, 11) is 0. The maximum absolute atomic E-state index is 13.4. The highest BCUT2D eigenvalue weighted by atomic mass is 19.1. The highest BCUT2D eigenvalue weighted by molar-refractivity contribution is 5.18. The third-order valence-electron chi connectivity index (χ3n) is 3.33. The molecule has 82 valence electrons. The zero-order chi connectivity index (χ0) is 10.7. The van der Waals surface area contributed by atoms with Crippen LogP contribution in [-0.4, -0.2) is 12.6 Å². The molecule has 0 bridgehead atoms. The van der Waals surface area contributed by atoms with Crippen LogP contribution < -0.4 is 5.32 Å². The van der Waals surface area contributed by atoms with E-state index in [1.165, 1.54) is 12.8 Å². The van der Waals surface area contributed by atoms with Gasteiger partial charge in [-0.15, -0.1) is 0 Å². The van der Waals surface area contributed by atoms with Crippen molar-refractivity contribution in [3.05, 3.63) is 35.6 Å². The van der Waals surface area contributed by atoms with Crippen LogP contribution in [0.5, 0.6) is 0 Å². The molecule has 0 radical (unpaired) electrons. The molecule has 1 fully saturated rings. The molecule has 1 nitrogen and oxygen atoms in total. The van der Waals surface area contributed by atoms with E-state index in [2.05, 4.69) is 12.2 Å². The molecule has 0 aromatic heterocycles. The zero-order valence-electron chi connectivity index (χ0n) is 9.17. The number of halogens is 1. The highest BCUT2D eigenvalue weighted by Crippen LogP contribution is 2.20. The molecule has 2 unspecified atom stereocenters. The fourth-order valence-corrected chi connectivity index (χ4v) is 2.29. The molecule has 0 aliphatic carbocycles. The molecule has 15 heavy (non-hydrogen) atoms. The Labute approximate surface area is 90.7 Å². The lowest BCUT2D eigenvalue weighted by molar-refractivity contribution is 0.296. The standard InChI is InChI=1S/C13H18FN/c1-10-5-4-8-15-13(10)9-11-6-2-3-7-12(11)14/h2-3,6-7,10,13,15H,4-5,8-9H2,1H3. The van der Waals surface area contributed by atoms with Crippen LogP contribution in [0.25, 0.3) is 0 Å². The van der Waals surface area contributed by atoms with E-state index in [-0.39, 0.29) is 5.82 Å². The molecule has 1 N–H and O–H groups in total. The number of rotatable bonds is 2. The molecule has 1 saturated heterocycles. The van der Waals surface area contributed by atoms with Crippen molar-refractivity contribution >= 4 is 0 Å². The van der Waals surface area contributed by atoms with E-state index < -0.39 is 0 Å². The Kier molecular flexibility index (Phi) is 3.37. The molecule has 2 rings (SSSR count). The van der Waals surface area contributed by atoms with Gasteiger partial charge in [-0.1, -0.05) is 25.1 Å². The predicted molar refractivity (Wildman–Crippen MR) is 60.3 cm³/mol. The summed E-state index contributed by atoms with van der Waals surface area (Å²) in [6, 6.07) is 7.53. The van der Waals surface area contributed by atoms with Crippen molar-refractivity contribution in [2.45, 2.75) is 32.2 Å². The van der Waals surface area contributed by atoms with E-state index in [1.807, 2.05) is 12.1 Å². The molecule has 1 aromatic rings. The lowest BCUT2D eigenvalue weighted by atomic mass is 9.88.